The van der Waals surface area contributed by atoms with Gasteiger partial charge in [-0.2, -0.15) is 0 Å². The number of ether oxygens (including phenoxy) is 4. The zero-order chi connectivity index (χ0) is 34.7. The molecule has 0 aliphatic carbocycles. The highest BCUT2D eigenvalue weighted by Gasteiger charge is 2.10. The summed E-state index contributed by atoms with van der Waals surface area (Å²) in [4.78, 5) is 26.4. The first-order valence-corrected chi connectivity index (χ1v) is 18.1. The van der Waals surface area contributed by atoms with Crippen molar-refractivity contribution in [2.45, 2.75) is 63.2 Å². The van der Waals surface area contributed by atoms with E-state index in [9.17, 15) is 9.59 Å². The van der Waals surface area contributed by atoms with Gasteiger partial charge in [0.05, 0.1) is 27.4 Å². The number of carbonyl (C=O) groups excluding carboxylic acids is 2. The van der Waals surface area contributed by atoms with Crippen LogP contribution < -0.4 is 18.9 Å². The van der Waals surface area contributed by atoms with Gasteiger partial charge in [-0.15, -0.1) is 0 Å². The summed E-state index contributed by atoms with van der Waals surface area (Å²) in [5.41, 5.74) is 1.32. The summed E-state index contributed by atoms with van der Waals surface area (Å²) in [6, 6.07) is 29.6. The molecule has 6 nitrogen and oxygen atoms in total. The Kier molecular flexibility index (Phi) is 17.0. The van der Waals surface area contributed by atoms with Crippen molar-refractivity contribution < 1.29 is 28.5 Å². The fourth-order valence-corrected chi connectivity index (χ4v) is 5.66. The molecule has 0 aliphatic heterocycles. The van der Waals surface area contributed by atoms with Crippen molar-refractivity contribution in [3.05, 3.63) is 108 Å². The van der Waals surface area contributed by atoms with Gasteiger partial charge < -0.3 is 18.9 Å². The van der Waals surface area contributed by atoms with Crippen molar-refractivity contribution in [2.75, 3.05) is 27.4 Å². The van der Waals surface area contributed by atoms with E-state index in [-0.39, 0.29) is 10.2 Å². The van der Waals surface area contributed by atoms with Gasteiger partial charge in [0.25, 0.3) is 0 Å². The molecule has 8 heteroatoms. The van der Waals surface area contributed by atoms with E-state index in [1.165, 1.54) is 36.4 Å². The normalized spacial score (nSPS) is 11.8. The number of hydrogen-bond acceptors (Lipinski definition) is 8. The molecular weight excluding hydrogens is 641 g/mol. The number of rotatable bonds is 16. The van der Waals surface area contributed by atoms with Crippen LogP contribution in [0.25, 0.3) is 0 Å². The summed E-state index contributed by atoms with van der Waals surface area (Å²) < 4.78 is 21.7. The molecule has 0 saturated heterocycles. The quantitative estimate of drug-likeness (QED) is 0.0851. The summed E-state index contributed by atoms with van der Waals surface area (Å²) in [7, 11) is 3.22. The minimum Gasteiger partial charge on any atom is -0.497 e. The molecule has 0 heterocycles. The van der Waals surface area contributed by atoms with Crippen LogP contribution in [0.5, 0.6) is 23.0 Å². The summed E-state index contributed by atoms with van der Waals surface area (Å²) >= 11 is 2.43. The van der Waals surface area contributed by atoms with Gasteiger partial charge in [0.2, 0.25) is 10.2 Å². The van der Waals surface area contributed by atoms with Gasteiger partial charge in [-0.1, -0.05) is 40.5 Å². The molecule has 0 radical (unpaired) electrons. The van der Waals surface area contributed by atoms with Crippen molar-refractivity contribution in [1.29, 1.82) is 0 Å². The van der Waals surface area contributed by atoms with Gasteiger partial charge >= 0.3 is 0 Å². The van der Waals surface area contributed by atoms with Crippen LogP contribution in [0.2, 0.25) is 0 Å². The first-order valence-electron chi connectivity index (χ1n) is 16.4. The Morgan fingerprint density at radius 2 is 0.958 bits per heavy atom. The molecule has 2 atom stereocenters. The van der Waals surface area contributed by atoms with Crippen LogP contribution >= 0.6 is 23.5 Å². The monoisotopic (exact) mass is 688 g/mol. The van der Waals surface area contributed by atoms with Crippen LogP contribution in [0.15, 0.2) is 107 Å². The Balaban J connectivity index is 0.000000261. The molecule has 4 aromatic rings. The third kappa shape index (κ3) is 13.7. The predicted octanol–water partition coefficient (Wildman–Crippen LogP) is 10.9. The second-order valence-electron chi connectivity index (χ2n) is 11.5. The highest BCUT2D eigenvalue weighted by Crippen LogP contribution is 2.27. The molecule has 48 heavy (non-hydrogen) atoms. The maximum absolute atomic E-state index is 12.3. The highest BCUT2D eigenvalue weighted by molar-refractivity contribution is 8.14. The molecular formula is C40H48O6S2. The van der Waals surface area contributed by atoms with Crippen LogP contribution in [-0.4, -0.2) is 37.7 Å². The minimum atomic E-state index is 0.0147. The van der Waals surface area contributed by atoms with E-state index in [0.29, 0.717) is 23.7 Å². The fraction of sp³-hybridized carbons (Fsp3) is 0.350. The van der Waals surface area contributed by atoms with E-state index in [2.05, 4.69) is 27.7 Å². The molecule has 256 valence electrons. The van der Waals surface area contributed by atoms with Crippen LogP contribution in [0.4, 0.5) is 0 Å². The first kappa shape index (κ1) is 38.6. The van der Waals surface area contributed by atoms with Crippen LogP contribution in [0.3, 0.4) is 0 Å². The van der Waals surface area contributed by atoms with Crippen LogP contribution in [-0.2, 0) is 0 Å². The maximum atomic E-state index is 12.3. The van der Waals surface area contributed by atoms with E-state index < -0.39 is 0 Å². The Labute approximate surface area is 294 Å². The summed E-state index contributed by atoms with van der Waals surface area (Å²) in [5.74, 6) is 4.48. The SMILES string of the molecule is CCC(C)CCCOc1ccc(SC(=O)c2ccc(OC)cc2)cc1.CCC(C)COc1ccc(SC(=O)c2ccc(OC)cc2)cc1. The fourth-order valence-electron chi connectivity index (χ4n) is 4.18. The molecule has 0 bridgehead atoms. The lowest BCUT2D eigenvalue weighted by Crippen LogP contribution is -2.06. The Bertz CT molecular complexity index is 1500. The summed E-state index contributed by atoms with van der Waals surface area (Å²) in [5, 5.41) is 0.0331. The van der Waals surface area contributed by atoms with Crippen molar-refractivity contribution >= 4 is 33.8 Å². The predicted molar refractivity (Wildman–Crippen MR) is 198 cm³/mol. The van der Waals surface area contributed by atoms with E-state index in [4.69, 9.17) is 18.9 Å². The average molecular weight is 689 g/mol. The maximum Gasteiger partial charge on any atom is 0.224 e. The van der Waals surface area contributed by atoms with Gasteiger partial charge in [-0.05, 0) is 145 Å². The Hall–Kier alpha value is -3.88. The summed E-state index contributed by atoms with van der Waals surface area (Å²) in [6.45, 7) is 10.3. The molecule has 0 spiro atoms. The number of benzene rings is 4. The number of carbonyl (C=O) groups is 2. The lowest BCUT2D eigenvalue weighted by molar-refractivity contribution is 0.108. The highest BCUT2D eigenvalue weighted by atomic mass is 32.2. The third-order valence-corrected chi connectivity index (χ3v) is 9.62. The topological polar surface area (TPSA) is 71.1 Å². The van der Waals surface area contributed by atoms with E-state index in [1.54, 1.807) is 62.8 Å². The second kappa shape index (κ2) is 21.2. The smallest absolute Gasteiger partial charge is 0.224 e. The van der Waals surface area contributed by atoms with Crippen molar-refractivity contribution in [2.24, 2.45) is 11.8 Å². The molecule has 0 aliphatic rings. The molecule has 4 aromatic carbocycles. The Morgan fingerprint density at radius 3 is 1.35 bits per heavy atom. The van der Waals surface area contributed by atoms with E-state index in [1.807, 2.05) is 48.5 Å². The largest absolute Gasteiger partial charge is 0.497 e. The van der Waals surface area contributed by atoms with Crippen LogP contribution in [0.1, 0.15) is 74.1 Å². The van der Waals surface area contributed by atoms with Gasteiger partial charge in [0.1, 0.15) is 23.0 Å². The average Bonchev–Trinajstić information content (AvgIpc) is 3.13. The standard InChI is InChI=1S/C21H26O3S.C19H22O3S/c1-4-16(2)6-5-15-24-19-11-13-20(14-12-19)25-21(22)17-7-9-18(23-3)10-8-17;1-4-14(2)13-22-17-9-11-18(12-10-17)23-19(20)15-5-7-16(21-3)8-6-15/h7-14,16H,4-6,15H2,1-3H3;5-12,14H,4,13H2,1-3H3. The Morgan fingerprint density at radius 1 is 0.562 bits per heavy atom. The van der Waals surface area contributed by atoms with Crippen LogP contribution in [0, 0.1) is 11.8 Å². The first-order chi connectivity index (χ1) is 23.2. The van der Waals surface area contributed by atoms with Crippen molar-refractivity contribution in [3.8, 4) is 23.0 Å². The molecule has 0 aromatic heterocycles. The van der Waals surface area contributed by atoms with Gasteiger partial charge in [0.15, 0.2) is 0 Å². The van der Waals surface area contributed by atoms with Gasteiger partial charge in [0, 0.05) is 20.9 Å². The number of hydrogen-bond donors (Lipinski definition) is 0. The zero-order valence-electron chi connectivity index (χ0n) is 28.9. The van der Waals surface area contributed by atoms with E-state index >= 15 is 0 Å². The van der Waals surface area contributed by atoms with Gasteiger partial charge in [-0.3, -0.25) is 9.59 Å². The van der Waals surface area contributed by atoms with Crippen molar-refractivity contribution in [3.63, 3.8) is 0 Å². The minimum absolute atomic E-state index is 0.0147. The third-order valence-electron chi connectivity index (χ3n) is 7.76. The zero-order valence-corrected chi connectivity index (χ0v) is 30.5. The van der Waals surface area contributed by atoms with E-state index in [0.717, 1.165) is 58.2 Å². The molecule has 0 N–H and O–H groups in total. The molecule has 4 rings (SSSR count). The van der Waals surface area contributed by atoms with Crippen molar-refractivity contribution in [1.82, 2.24) is 0 Å². The molecule has 0 amide bonds. The van der Waals surface area contributed by atoms with Gasteiger partial charge in [-0.25, -0.2) is 0 Å². The second-order valence-corrected chi connectivity index (χ2v) is 13.6. The molecule has 2 unspecified atom stereocenters. The lowest BCUT2D eigenvalue weighted by Gasteiger charge is -2.11. The summed E-state index contributed by atoms with van der Waals surface area (Å²) in [6.07, 6.45) is 4.58. The lowest BCUT2D eigenvalue weighted by atomic mass is 10.0. The molecule has 0 saturated carbocycles. The number of methoxy groups -OCH3 is 2. The molecule has 0 fully saturated rings. The number of thioether (sulfide) groups is 2.